The fourth-order valence-electron chi connectivity index (χ4n) is 2.08. The average Bonchev–Trinajstić information content (AvgIpc) is 2.87. The van der Waals surface area contributed by atoms with E-state index in [4.69, 9.17) is 5.11 Å². The first-order valence-corrected chi connectivity index (χ1v) is 6.22. The Hall–Kier alpha value is -1.89. The summed E-state index contributed by atoms with van der Waals surface area (Å²) in [5.41, 5.74) is 0.0513. The van der Waals surface area contributed by atoms with Crippen LogP contribution in [0, 0.1) is 0 Å². The highest BCUT2D eigenvalue weighted by molar-refractivity contribution is 5.94. The number of hydrogen-bond acceptors (Lipinski definition) is 5. The molecule has 1 aromatic rings. The highest BCUT2D eigenvalue weighted by Crippen LogP contribution is 2.11. The molecule has 1 aliphatic heterocycles. The molecule has 0 atom stereocenters. The Morgan fingerprint density at radius 1 is 1.32 bits per heavy atom. The summed E-state index contributed by atoms with van der Waals surface area (Å²) in [6, 6.07) is 1.63. The number of rotatable bonds is 3. The molecule has 1 fully saturated rings. The molecule has 0 aromatic carbocycles. The van der Waals surface area contributed by atoms with Gasteiger partial charge in [-0.05, 0) is 13.8 Å². The highest BCUT2D eigenvalue weighted by Gasteiger charge is 2.26. The normalized spacial score (nSPS) is 16.9. The van der Waals surface area contributed by atoms with E-state index in [0.717, 1.165) is 13.1 Å². The van der Waals surface area contributed by atoms with E-state index in [2.05, 4.69) is 28.4 Å². The number of piperazine rings is 1. The van der Waals surface area contributed by atoms with Gasteiger partial charge in [-0.15, -0.1) is 0 Å². The largest absolute Gasteiger partial charge is 0.475 e. The van der Waals surface area contributed by atoms with Crippen LogP contribution in [-0.4, -0.2) is 64.2 Å². The monoisotopic (exact) mass is 267 g/mol. The Bertz CT molecular complexity index is 475. The Balaban J connectivity index is 1.99. The van der Waals surface area contributed by atoms with Gasteiger partial charge in [-0.3, -0.25) is 9.69 Å². The van der Waals surface area contributed by atoms with Crippen LogP contribution in [0.5, 0.6) is 0 Å². The van der Waals surface area contributed by atoms with Crippen LogP contribution in [0.4, 0.5) is 0 Å². The Labute approximate surface area is 110 Å². The molecule has 0 saturated carbocycles. The molecule has 7 nitrogen and oxygen atoms in total. The zero-order chi connectivity index (χ0) is 14.0. The van der Waals surface area contributed by atoms with Gasteiger partial charge in [0.25, 0.3) is 5.91 Å². The van der Waals surface area contributed by atoms with Gasteiger partial charge in [0.1, 0.15) is 0 Å². The first-order valence-electron chi connectivity index (χ1n) is 6.22. The summed E-state index contributed by atoms with van der Waals surface area (Å²) in [5.74, 6) is -1.82. The van der Waals surface area contributed by atoms with Gasteiger partial charge in [0, 0.05) is 38.3 Å². The number of aromatic carboxylic acids is 1. The lowest BCUT2D eigenvalue weighted by molar-refractivity contribution is 0.0582. The van der Waals surface area contributed by atoms with Crippen molar-refractivity contribution in [1.29, 1.82) is 0 Å². The van der Waals surface area contributed by atoms with E-state index in [1.807, 2.05) is 0 Å². The van der Waals surface area contributed by atoms with E-state index in [-0.39, 0.29) is 17.4 Å². The molecule has 1 N–H and O–H groups in total. The highest BCUT2D eigenvalue weighted by atomic mass is 16.5. The molecule has 2 rings (SSSR count). The Morgan fingerprint density at radius 3 is 2.42 bits per heavy atom. The van der Waals surface area contributed by atoms with Gasteiger partial charge >= 0.3 is 5.97 Å². The van der Waals surface area contributed by atoms with Crippen LogP contribution in [0.25, 0.3) is 0 Å². The summed E-state index contributed by atoms with van der Waals surface area (Å²) >= 11 is 0. The van der Waals surface area contributed by atoms with E-state index < -0.39 is 5.97 Å². The van der Waals surface area contributed by atoms with Gasteiger partial charge in [0.15, 0.2) is 5.69 Å². The van der Waals surface area contributed by atoms with Gasteiger partial charge < -0.3 is 14.5 Å². The summed E-state index contributed by atoms with van der Waals surface area (Å²) in [7, 11) is 0. The SMILES string of the molecule is CC(C)N1CCN(C(=O)c2cc(C(=O)O)on2)CC1. The van der Waals surface area contributed by atoms with Crippen molar-refractivity contribution in [3.63, 3.8) is 0 Å². The minimum absolute atomic E-state index is 0.0513. The minimum atomic E-state index is -1.23. The third-order valence-electron chi connectivity index (χ3n) is 3.27. The van der Waals surface area contributed by atoms with Crippen molar-refractivity contribution in [2.24, 2.45) is 0 Å². The maximum Gasteiger partial charge on any atom is 0.374 e. The van der Waals surface area contributed by atoms with Crippen LogP contribution in [0.2, 0.25) is 0 Å². The third kappa shape index (κ3) is 2.93. The summed E-state index contributed by atoms with van der Waals surface area (Å²) in [4.78, 5) is 26.7. The first kappa shape index (κ1) is 13.5. The maximum absolute atomic E-state index is 12.1. The second-order valence-electron chi connectivity index (χ2n) is 4.80. The average molecular weight is 267 g/mol. The van der Waals surface area contributed by atoms with Gasteiger partial charge in [-0.25, -0.2) is 4.79 Å². The van der Waals surface area contributed by atoms with Crippen molar-refractivity contribution in [2.45, 2.75) is 19.9 Å². The molecule has 1 aromatic heterocycles. The Kier molecular flexibility index (Phi) is 3.84. The van der Waals surface area contributed by atoms with E-state index >= 15 is 0 Å². The molecule has 0 aliphatic carbocycles. The third-order valence-corrected chi connectivity index (χ3v) is 3.27. The van der Waals surface area contributed by atoms with Crippen molar-refractivity contribution in [3.8, 4) is 0 Å². The molecule has 0 bridgehead atoms. The lowest BCUT2D eigenvalue weighted by atomic mass is 10.2. The van der Waals surface area contributed by atoms with Crippen molar-refractivity contribution in [2.75, 3.05) is 26.2 Å². The number of carboxylic acids is 1. The lowest BCUT2D eigenvalue weighted by Crippen LogP contribution is -2.50. The van der Waals surface area contributed by atoms with E-state index in [9.17, 15) is 9.59 Å². The Morgan fingerprint density at radius 2 is 1.95 bits per heavy atom. The van der Waals surface area contributed by atoms with E-state index in [1.165, 1.54) is 6.07 Å². The molecule has 1 amide bonds. The molecule has 1 aliphatic rings. The quantitative estimate of drug-likeness (QED) is 0.860. The molecule has 0 spiro atoms. The van der Waals surface area contributed by atoms with Crippen molar-refractivity contribution in [3.05, 3.63) is 17.5 Å². The predicted molar refractivity (Wildman–Crippen MR) is 66.1 cm³/mol. The maximum atomic E-state index is 12.1. The smallest absolute Gasteiger partial charge is 0.374 e. The first-order chi connectivity index (χ1) is 8.99. The number of hydrogen-bond donors (Lipinski definition) is 1. The van der Waals surface area contributed by atoms with Gasteiger partial charge in [-0.2, -0.15) is 0 Å². The summed E-state index contributed by atoms with van der Waals surface area (Å²) in [5, 5.41) is 12.2. The predicted octanol–water partition coefficient (Wildman–Crippen LogP) is 0.539. The molecule has 0 unspecified atom stereocenters. The molecule has 19 heavy (non-hydrogen) atoms. The van der Waals surface area contributed by atoms with Crippen LogP contribution in [0.15, 0.2) is 10.6 Å². The summed E-state index contributed by atoms with van der Waals surface area (Å²) in [6.07, 6.45) is 0. The second kappa shape index (κ2) is 5.40. The standard InChI is InChI=1S/C12H17N3O4/c1-8(2)14-3-5-15(6-4-14)11(16)9-7-10(12(17)18)19-13-9/h7-8H,3-6H2,1-2H3,(H,17,18). The number of carbonyl (C=O) groups excluding carboxylic acids is 1. The molecule has 104 valence electrons. The van der Waals surface area contributed by atoms with Crippen molar-refractivity contribution < 1.29 is 19.2 Å². The number of amides is 1. The zero-order valence-corrected chi connectivity index (χ0v) is 11.0. The van der Waals surface area contributed by atoms with Crippen LogP contribution in [0.3, 0.4) is 0 Å². The number of carbonyl (C=O) groups is 2. The second-order valence-corrected chi connectivity index (χ2v) is 4.80. The summed E-state index contributed by atoms with van der Waals surface area (Å²) < 4.78 is 4.59. The molecule has 2 heterocycles. The van der Waals surface area contributed by atoms with Crippen LogP contribution in [-0.2, 0) is 0 Å². The topological polar surface area (TPSA) is 86.9 Å². The molecular weight excluding hydrogens is 250 g/mol. The van der Waals surface area contributed by atoms with E-state index in [1.54, 1.807) is 4.90 Å². The van der Waals surface area contributed by atoms with Gasteiger partial charge in [-0.1, -0.05) is 5.16 Å². The van der Waals surface area contributed by atoms with Gasteiger partial charge in [0.2, 0.25) is 5.76 Å². The number of carboxylic acid groups (broad SMARTS) is 1. The number of nitrogens with zero attached hydrogens (tertiary/aromatic N) is 3. The number of aromatic nitrogens is 1. The fraction of sp³-hybridized carbons (Fsp3) is 0.583. The van der Waals surface area contributed by atoms with Crippen LogP contribution >= 0.6 is 0 Å². The van der Waals surface area contributed by atoms with Gasteiger partial charge in [0.05, 0.1) is 0 Å². The van der Waals surface area contributed by atoms with Crippen molar-refractivity contribution in [1.82, 2.24) is 15.0 Å². The van der Waals surface area contributed by atoms with Crippen molar-refractivity contribution >= 4 is 11.9 Å². The molecular formula is C12H17N3O4. The zero-order valence-electron chi connectivity index (χ0n) is 11.0. The van der Waals surface area contributed by atoms with Crippen LogP contribution < -0.4 is 0 Å². The fourth-order valence-corrected chi connectivity index (χ4v) is 2.08. The molecule has 1 saturated heterocycles. The molecule has 7 heteroatoms. The molecule has 0 radical (unpaired) electrons. The van der Waals surface area contributed by atoms with Crippen LogP contribution in [0.1, 0.15) is 34.9 Å². The summed E-state index contributed by atoms with van der Waals surface area (Å²) in [6.45, 7) is 7.10. The minimum Gasteiger partial charge on any atom is -0.475 e. The van der Waals surface area contributed by atoms with E-state index in [0.29, 0.717) is 19.1 Å². The lowest BCUT2D eigenvalue weighted by Gasteiger charge is -2.36.